The van der Waals surface area contributed by atoms with E-state index in [1.54, 1.807) is 18.2 Å². The number of amides is 1. The lowest BCUT2D eigenvalue weighted by Crippen LogP contribution is -2.47. The van der Waals surface area contributed by atoms with Gasteiger partial charge >= 0.3 is 5.69 Å². The number of aromatic amines is 2. The third kappa shape index (κ3) is 4.42. The van der Waals surface area contributed by atoms with E-state index < -0.39 is 0 Å². The van der Waals surface area contributed by atoms with E-state index >= 15 is 0 Å². The van der Waals surface area contributed by atoms with Crippen molar-refractivity contribution in [1.82, 2.24) is 19.9 Å². The van der Waals surface area contributed by atoms with Crippen LogP contribution in [0.4, 0.5) is 11.5 Å². The Kier molecular flexibility index (Phi) is 5.45. The van der Waals surface area contributed by atoms with E-state index in [0.29, 0.717) is 17.6 Å². The quantitative estimate of drug-likeness (QED) is 0.560. The molecule has 0 atom stereocenters. The molecule has 0 spiro atoms. The summed E-state index contributed by atoms with van der Waals surface area (Å²) in [5.74, 6) is 0.952. The van der Waals surface area contributed by atoms with Gasteiger partial charge in [-0.3, -0.25) is 9.69 Å². The highest BCUT2D eigenvalue weighted by Crippen LogP contribution is 2.17. The Labute approximate surface area is 170 Å². The van der Waals surface area contributed by atoms with E-state index in [1.165, 1.54) is 0 Å². The molecule has 146 valence electrons. The van der Waals surface area contributed by atoms with E-state index in [9.17, 15) is 9.59 Å². The third-order valence-electron chi connectivity index (χ3n) is 4.86. The molecule has 1 amide bonds. The maximum absolute atomic E-state index is 12.3. The molecule has 28 heavy (non-hydrogen) atoms. The molecule has 1 aliphatic rings. The van der Waals surface area contributed by atoms with Gasteiger partial charge in [0.2, 0.25) is 5.91 Å². The van der Waals surface area contributed by atoms with E-state index in [1.807, 2.05) is 18.3 Å². The molecular formula is C19H21BrN6O2. The molecular weight excluding hydrogens is 424 g/mol. The summed E-state index contributed by atoms with van der Waals surface area (Å²) in [6, 6.07) is 9.34. The second kappa shape index (κ2) is 8.15. The van der Waals surface area contributed by atoms with Gasteiger partial charge in [0.25, 0.3) is 0 Å². The fourth-order valence-electron chi connectivity index (χ4n) is 3.35. The summed E-state index contributed by atoms with van der Waals surface area (Å²) in [6.07, 6.45) is 2.24. The largest absolute Gasteiger partial charge is 0.354 e. The Morgan fingerprint density at radius 2 is 1.89 bits per heavy atom. The molecule has 4 rings (SSSR count). The van der Waals surface area contributed by atoms with Crippen LogP contribution in [-0.2, 0) is 4.79 Å². The van der Waals surface area contributed by atoms with Crippen LogP contribution >= 0.6 is 15.9 Å². The van der Waals surface area contributed by atoms with Crippen molar-refractivity contribution >= 4 is 44.4 Å². The van der Waals surface area contributed by atoms with Gasteiger partial charge in [-0.1, -0.05) is 0 Å². The minimum atomic E-state index is -0.254. The number of H-pyrrole nitrogens is 2. The van der Waals surface area contributed by atoms with Gasteiger partial charge in [0, 0.05) is 55.5 Å². The van der Waals surface area contributed by atoms with Crippen molar-refractivity contribution in [1.29, 1.82) is 0 Å². The summed E-state index contributed by atoms with van der Waals surface area (Å²) in [5, 5.41) is 2.90. The van der Waals surface area contributed by atoms with E-state index in [-0.39, 0.29) is 11.6 Å². The number of aromatic nitrogens is 3. The van der Waals surface area contributed by atoms with Crippen LogP contribution in [0.15, 0.2) is 45.8 Å². The molecule has 1 fully saturated rings. The van der Waals surface area contributed by atoms with Gasteiger partial charge in [0.15, 0.2) is 0 Å². The third-order valence-corrected chi connectivity index (χ3v) is 5.33. The summed E-state index contributed by atoms with van der Waals surface area (Å²) in [5.41, 5.74) is 1.83. The van der Waals surface area contributed by atoms with E-state index in [0.717, 1.165) is 48.5 Å². The number of fused-ring (bicyclic) bond motifs is 1. The number of rotatable bonds is 5. The first-order chi connectivity index (χ1) is 13.6. The van der Waals surface area contributed by atoms with Crippen molar-refractivity contribution < 1.29 is 4.79 Å². The topological polar surface area (TPSA) is 97.1 Å². The zero-order valence-corrected chi connectivity index (χ0v) is 16.8. The number of pyridine rings is 1. The van der Waals surface area contributed by atoms with Gasteiger partial charge in [0.05, 0.1) is 11.0 Å². The van der Waals surface area contributed by atoms with Gasteiger partial charge in [-0.05, 0) is 46.3 Å². The maximum atomic E-state index is 12.3. The number of piperazine rings is 1. The van der Waals surface area contributed by atoms with Gasteiger partial charge in [-0.15, -0.1) is 0 Å². The lowest BCUT2D eigenvalue weighted by Gasteiger charge is -2.35. The van der Waals surface area contributed by atoms with Crippen LogP contribution in [0.5, 0.6) is 0 Å². The highest BCUT2D eigenvalue weighted by Gasteiger charge is 2.18. The van der Waals surface area contributed by atoms with E-state index in [2.05, 4.69) is 46.0 Å². The van der Waals surface area contributed by atoms with Crippen molar-refractivity contribution in [2.75, 3.05) is 42.9 Å². The molecule has 0 bridgehead atoms. The van der Waals surface area contributed by atoms with Crippen molar-refractivity contribution in [3.05, 3.63) is 51.5 Å². The monoisotopic (exact) mass is 444 g/mol. The molecule has 2 aromatic heterocycles. The number of hydrogen-bond acceptors (Lipinski definition) is 5. The molecule has 3 aromatic rings. The standard InChI is InChI=1S/C19H21BrN6O2/c20-13-1-4-17(21-12-13)26-9-7-25(8-10-26)6-5-18(27)22-14-2-3-15-16(11-14)24-19(28)23-15/h1-4,11-12H,5-10H2,(H,22,27)(H2,23,24,28). The number of benzene rings is 1. The maximum Gasteiger partial charge on any atom is 0.323 e. The van der Waals surface area contributed by atoms with Crippen molar-refractivity contribution in [3.8, 4) is 0 Å². The Hall–Kier alpha value is -2.65. The summed E-state index contributed by atoms with van der Waals surface area (Å²) in [6.45, 7) is 4.32. The second-order valence-corrected chi connectivity index (χ2v) is 7.72. The summed E-state index contributed by atoms with van der Waals surface area (Å²) in [4.78, 5) is 38.0. The molecule has 3 heterocycles. The van der Waals surface area contributed by atoms with E-state index in [4.69, 9.17) is 0 Å². The Bertz CT molecular complexity index is 1020. The number of nitrogens with one attached hydrogen (secondary N) is 3. The number of halogens is 1. The average molecular weight is 445 g/mol. The van der Waals surface area contributed by atoms with Crippen LogP contribution in [0.1, 0.15) is 6.42 Å². The number of imidazole rings is 1. The molecule has 0 unspecified atom stereocenters. The van der Waals surface area contributed by atoms with Gasteiger partial charge in [-0.2, -0.15) is 0 Å². The predicted molar refractivity (Wildman–Crippen MR) is 113 cm³/mol. The average Bonchev–Trinajstić information content (AvgIpc) is 3.07. The fraction of sp³-hybridized carbons (Fsp3) is 0.316. The minimum absolute atomic E-state index is 0.0331. The number of anilines is 2. The second-order valence-electron chi connectivity index (χ2n) is 6.80. The molecule has 0 saturated carbocycles. The summed E-state index contributed by atoms with van der Waals surface area (Å²) < 4.78 is 0.975. The molecule has 0 radical (unpaired) electrons. The van der Waals surface area contributed by atoms with Crippen LogP contribution in [0, 0.1) is 0 Å². The Morgan fingerprint density at radius 3 is 2.64 bits per heavy atom. The molecule has 0 aliphatic carbocycles. The zero-order chi connectivity index (χ0) is 19.5. The van der Waals surface area contributed by atoms with Crippen LogP contribution in [-0.4, -0.2) is 58.5 Å². The summed E-state index contributed by atoms with van der Waals surface area (Å²) >= 11 is 3.41. The molecule has 1 aromatic carbocycles. The normalized spacial score (nSPS) is 15.1. The van der Waals surface area contributed by atoms with Crippen molar-refractivity contribution in [3.63, 3.8) is 0 Å². The molecule has 9 heteroatoms. The summed E-state index contributed by atoms with van der Waals surface area (Å²) in [7, 11) is 0. The molecule has 1 aliphatic heterocycles. The highest BCUT2D eigenvalue weighted by molar-refractivity contribution is 9.10. The van der Waals surface area contributed by atoms with Gasteiger partial charge < -0.3 is 20.2 Å². The van der Waals surface area contributed by atoms with Crippen LogP contribution < -0.4 is 15.9 Å². The van der Waals surface area contributed by atoms with Gasteiger partial charge in [-0.25, -0.2) is 9.78 Å². The first kappa shape index (κ1) is 18.7. The fourth-order valence-corrected chi connectivity index (χ4v) is 3.58. The number of nitrogens with zero attached hydrogens (tertiary/aromatic N) is 3. The Balaban J connectivity index is 1.24. The number of hydrogen-bond donors (Lipinski definition) is 3. The number of carbonyl (C=O) groups is 1. The molecule has 3 N–H and O–H groups in total. The SMILES string of the molecule is O=C(CCN1CCN(c2ccc(Br)cn2)CC1)Nc1ccc2[nH]c(=O)[nH]c2c1. The van der Waals surface area contributed by atoms with Crippen LogP contribution in [0.2, 0.25) is 0 Å². The lowest BCUT2D eigenvalue weighted by atomic mass is 10.2. The number of carbonyl (C=O) groups excluding carboxylic acids is 1. The van der Waals surface area contributed by atoms with Crippen LogP contribution in [0.3, 0.4) is 0 Å². The molecule has 8 nitrogen and oxygen atoms in total. The lowest BCUT2D eigenvalue weighted by molar-refractivity contribution is -0.116. The molecule has 1 saturated heterocycles. The smallest absolute Gasteiger partial charge is 0.323 e. The minimum Gasteiger partial charge on any atom is -0.354 e. The highest BCUT2D eigenvalue weighted by atomic mass is 79.9. The Morgan fingerprint density at radius 1 is 1.11 bits per heavy atom. The van der Waals surface area contributed by atoms with Gasteiger partial charge in [0.1, 0.15) is 5.82 Å². The predicted octanol–water partition coefficient (Wildman–Crippen LogP) is 2.16. The first-order valence-electron chi connectivity index (χ1n) is 9.17. The van der Waals surface area contributed by atoms with Crippen molar-refractivity contribution in [2.24, 2.45) is 0 Å². The van der Waals surface area contributed by atoms with Crippen molar-refractivity contribution in [2.45, 2.75) is 6.42 Å². The van der Waals surface area contributed by atoms with Crippen LogP contribution in [0.25, 0.3) is 11.0 Å². The zero-order valence-electron chi connectivity index (χ0n) is 15.2. The first-order valence-corrected chi connectivity index (χ1v) is 9.97.